The second-order valence-corrected chi connectivity index (χ2v) is 6.15. The predicted molar refractivity (Wildman–Crippen MR) is 91.7 cm³/mol. The Balaban J connectivity index is 1.64. The molecule has 2 aromatic heterocycles. The van der Waals surface area contributed by atoms with E-state index in [4.69, 9.17) is 4.74 Å². The third-order valence-electron chi connectivity index (χ3n) is 3.42. The van der Waals surface area contributed by atoms with Crippen LogP contribution in [-0.4, -0.2) is 18.0 Å². The summed E-state index contributed by atoms with van der Waals surface area (Å²) in [5.41, 5.74) is 1.78. The number of carbonyl (C=O) groups is 1. The topological polar surface area (TPSA) is 51.2 Å². The van der Waals surface area contributed by atoms with E-state index in [1.165, 1.54) is 23.5 Å². The van der Waals surface area contributed by atoms with Crippen LogP contribution in [-0.2, 0) is 6.54 Å². The molecule has 0 bridgehead atoms. The van der Waals surface area contributed by atoms with Gasteiger partial charge in [0.2, 0.25) is 5.88 Å². The lowest BCUT2D eigenvalue weighted by Crippen LogP contribution is -2.21. The lowest BCUT2D eigenvalue weighted by atomic mass is 10.2. The number of thiophene rings is 1. The molecule has 0 spiro atoms. The number of rotatable bonds is 5. The lowest BCUT2D eigenvalue weighted by Gasteiger charge is -2.04. The molecule has 1 aromatic carbocycles. The summed E-state index contributed by atoms with van der Waals surface area (Å²) >= 11 is 1.37. The van der Waals surface area contributed by atoms with Gasteiger partial charge in [-0.2, -0.15) is 0 Å². The van der Waals surface area contributed by atoms with Gasteiger partial charge in [0.25, 0.3) is 5.91 Å². The van der Waals surface area contributed by atoms with Gasteiger partial charge < -0.3 is 10.1 Å². The molecule has 0 aliphatic rings. The number of nitrogens with zero attached hydrogens (tertiary/aromatic N) is 1. The first kappa shape index (κ1) is 16.1. The summed E-state index contributed by atoms with van der Waals surface area (Å²) in [6.45, 7) is 0.389. The zero-order valence-corrected chi connectivity index (χ0v) is 13.8. The summed E-state index contributed by atoms with van der Waals surface area (Å²) in [6, 6.07) is 13.4. The fraction of sp³-hybridized carbons (Fsp3) is 0.111. The maximum absolute atomic E-state index is 13.0. The van der Waals surface area contributed by atoms with Crippen molar-refractivity contribution < 1.29 is 13.9 Å². The number of nitrogens with one attached hydrogen (secondary N) is 1. The van der Waals surface area contributed by atoms with E-state index in [9.17, 15) is 9.18 Å². The molecular formula is C18H15FN2O2S. The largest absolute Gasteiger partial charge is 0.481 e. The predicted octanol–water partition coefficient (Wildman–Crippen LogP) is 3.89. The van der Waals surface area contributed by atoms with Crippen molar-refractivity contribution in [2.75, 3.05) is 7.11 Å². The van der Waals surface area contributed by atoms with Crippen LogP contribution in [0.3, 0.4) is 0 Å². The van der Waals surface area contributed by atoms with Crippen molar-refractivity contribution in [2.24, 2.45) is 0 Å². The molecule has 0 saturated carbocycles. The van der Waals surface area contributed by atoms with Crippen molar-refractivity contribution in [1.82, 2.24) is 10.3 Å². The highest BCUT2D eigenvalue weighted by Gasteiger charge is 2.10. The molecule has 0 saturated heterocycles. The quantitative estimate of drug-likeness (QED) is 0.765. The van der Waals surface area contributed by atoms with E-state index in [1.54, 1.807) is 37.6 Å². The molecule has 2 heterocycles. The van der Waals surface area contributed by atoms with E-state index >= 15 is 0 Å². The third-order valence-corrected chi connectivity index (χ3v) is 4.55. The SMILES string of the molecule is COc1ccc(CNC(=O)c2ccc(-c3ccc(F)cc3)s2)cn1. The van der Waals surface area contributed by atoms with Crippen molar-refractivity contribution in [3.05, 3.63) is 71.0 Å². The van der Waals surface area contributed by atoms with Crippen LogP contribution in [0.1, 0.15) is 15.2 Å². The van der Waals surface area contributed by atoms with Crippen LogP contribution in [0.2, 0.25) is 0 Å². The normalized spacial score (nSPS) is 10.4. The Bertz CT molecular complexity index is 829. The number of benzene rings is 1. The Labute approximate surface area is 142 Å². The van der Waals surface area contributed by atoms with Crippen LogP contribution >= 0.6 is 11.3 Å². The van der Waals surface area contributed by atoms with Gasteiger partial charge in [0.15, 0.2) is 0 Å². The van der Waals surface area contributed by atoms with Crippen LogP contribution < -0.4 is 10.1 Å². The zero-order valence-electron chi connectivity index (χ0n) is 13.0. The van der Waals surface area contributed by atoms with Gasteiger partial charge in [-0.15, -0.1) is 11.3 Å². The van der Waals surface area contributed by atoms with Crippen LogP contribution in [0.25, 0.3) is 10.4 Å². The van der Waals surface area contributed by atoms with Crippen molar-refractivity contribution in [3.8, 4) is 16.3 Å². The molecule has 4 nitrogen and oxygen atoms in total. The van der Waals surface area contributed by atoms with Crippen LogP contribution in [0, 0.1) is 5.82 Å². The fourth-order valence-electron chi connectivity index (χ4n) is 2.13. The second-order valence-electron chi connectivity index (χ2n) is 5.06. The summed E-state index contributed by atoms with van der Waals surface area (Å²) in [7, 11) is 1.55. The van der Waals surface area contributed by atoms with E-state index in [2.05, 4.69) is 10.3 Å². The molecule has 0 atom stereocenters. The highest BCUT2D eigenvalue weighted by Crippen LogP contribution is 2.28. The van der Waals surface area contributed by atoms with Gasteiger partial charge in [0, 0.05) is 23.7 Å². The summed E-state index contributed by atoms with van der Waals surface area (Å²) in [5, 5.41) is 2.86. The minimum Gasteiger partial charge on any atom is -0.481 e. The number of aromatic nitrogens is 1. The minimum atomic E-state index is -0.277. The Morgan fingerprint density at radius 3 is 2.62 bits per heavy atom. The van der Waals surface area contributed by atoms with Gasteiger partial charge >= 0.3 is 0 Å². The van der Waals surface area contributed by atoms with Gasteiger partial charge in [-0.05, 0) is 35.4 Å². The van der Waals surface area contributed by atoms with E-state index in [-0.39, 0.29) is 11.7 Å². The molecule has 0 unspecified atom stereocenters. The zero-order chi connectivity index (χ0) is 16.9. The molecule has 1 N–H and O–H groups in total. The smallest absolute Gasteiger partial charge is 0.261 e. The van der Waals surface area contributed by atoms with Crippen molar-refractivity contribution >= 4 is 17.2 Å². The van der Waals surface area contributed by atoms with Gasteiger partial charge in [0.05, 0.1) is 12.0 Å². The van der Waals surface area contributed by atoms with Crippen LogP contribution in [0.4, 0.5) is 4.39 Å². The number of hydrogen-bond acceptors (Lipinski definition) is 4. The first-order chi connectivity index (χ1) is 11.7. The fourth-order valence-corrected chi connectivity index (χ4v) is 3.06. The maximum Gasteiger partial charge on any atom is 0.261 e. The Hall–Kier alpha value is -2.73. The number of amides is 1. The van der Waals surface area contributed by atoms with E-state index in [0.29, 0.717) is 17.3 Å². The minimum absolute atomic E-state index is 0.149. The van der Waals surface area contributed by atoms with E-state index < -0.39 is 0 Å². The number of carbonyl (C=O) groups excluding carboxylic acids is 1. The Morgan fingerprint density at radius 1 is 1.17 bits per heavy atom. The first-order valence-electron chi connectivity index (χ1n) is 7.28. The Morgan fingerprint density at radius 2 is 1.96 bits per heavy atom. The van der Waals surface area contributed by atoms with E-state index in [0.717, 1.165) is 16.0 Å². The molecule has 0 aliphatic heterocycles. The van der Waals surface area contributed by atoms with Gasteiger partial charge in [0.1, 0.15) is 5.82 Å². The molecule has 6 heteroatoms. The van der Waals surface area contributed by atoms with Crippen molar-refractivity contribution in [2.45, 2.75) is 6.54 Å². The van der Waals surface area contributed by atoms with Gasteiger partial charge in [-0.1, -0.05) is 18.2 Å². The molecular weight excluding hydrogens is 327 g/mol. The van der Waals surface area contributed by atoms with Crippen LogP contribution in [0.5, 0.6) is 5.88 Å². The number of hydrogen-bond donors (Lipinski definition) is 1. The number of halogens is 1. The summed E-state index contributed by atoms with van der Waals surface area (Å²) in [5.74, 6) is 0.109. The standard InChI is InChI=1S/C18H15FN2O2S/c1-23-17-9-2-12(10-20-17)11-21-18(22)16-8-7-15(24-16)13-3-5-14(19)6-4-13/h2-10H,11H2,1H3,(H,21,22). The average Bonchev–Trinajstić information content (AvgIpc) is 3.11. The summed E-state index contributed by atoms with van der Waals surface area (Å²) in [4.78, 5) is 17.9. The van der Waals surface area contributed by atoms with Crippen molar-refractivity contribution in [3.63, 3.8) is 0 Å². The summed E-state index contributed by atoms with van der Waals surface area (Å²) in [6.07, 6.45) is 1.66. The monoisotopic (exact) mass is 342 g/mol. The Kier molecular flexibility index (Phi) is 4.86. The van der Waals surface area contributed by atoms with Gasteiger partial charge in [-0.3, -0.25) is 4.79 Å². The van der Waals surface area contributed by atoms with Crippen molar-refractivity contribution in [1.29, 1.82) is 0 Å². The van der Waals surface area contributed by atoms with E-state index in [1.807, 2.05) is 12.1 Å². The summed E-state index contributed by atoms with van der Waals surface area (Å²) < 4.78 is 18.0. The number of ether oxygens (including phenoxy) is 1. The third kappa shape index (κ3) is 3.78. The highest BCUT2D eigenvalue weighted by molar-refractivity contribution is 7.17. The highest BCUT2D eigenvalue weighted by atomic mass is 32.1. The molecule has 3 rings (SSSR count). The lowest BCUT2D eigenvalue weighted by molar-refractivity contribution is 0.0955. The first-order valence-corrected chi connectivity index (χ1v) is 8.10. The molecule has 0 aliphatic carbocycles. The average molecular weight is 342 g/mol. The maximum atomic E-state index is 13.0. The van der Waals surface area contributed by atoms with Gasteiger partial charge in [-0.25, -0.2) is 9.37 Å². The molecule has 24 heavy (non-hydrogen) atoms. The van der Waals surface area contributed by atoms with Crippen LogP contribution in [0.15, 0.2) is 54.7 Å². The molecule has 3 aromatic rings. The number of methoxy groups -OCH3 is 1. The molecule has 122 valence electrons. The second kappa shape index (κ2) is 7.23. The number of pyridine rings is 1. The molecule has 0 fully saturated rings. The molecule has 0 radical (unpaired) electrons. The molecule has 1 amide bonds.